The molecule has 1 aromatic carbocycles. The molecule has 1 fully saturated rings. The number of benzene rings is 1. The summed E-state index contributed by atoms with van der Waals surface area (Å²) < 4.78 is 26.2. The summed E-state index contributed by atoms with van der Waals surface area (Å²) in [4.78, 5) is 0. The minimum atomic E-state index is -2.89. The molecule has 0 amide bonds. The second kappa shape index (κ2) is 3.31. The van der Waals surface area contributed by atoms with Crippen molar-refractivity contribution in [3.63, 3.8) is 0 Å². The van der Waals surface area contributed by atoms with Crippen molar-refractivity contribution in [2.24, 2.45) is 5.73 Å². The molecule has 0 radical (unpaired) electrons. The van der Waals surface area contributed by atoms with Gasteiger partial charge in [-0.1, -0.05) is 24.3 Å². The summed E-state index contributed by atoms with van der Waals surface area (Å²) >= 11 is 0. The van der Waals surface area contributed by atoms with Crippen molar-refractivity contribution < 1.29 is 8.78 Å². The summed E-state index contributed by atoms with van der Waals surface area (Å²) in [7, 11) is 0. The molecule has 0 aliphatic heterocycles. The molecule has 2 N–H and O–H groups in total. The van der Waals surface area contributed by atoms with E-state index in [1.807, 2.05) is 0 Å². The van der Waals surface area contributed by atoms with E-state index in [-0.39, 0.29) is 5.56 Å². The van der Waals surface area contributed by atoms with E-state index in [0.717, 1.165) is 0 Å². The molecule has 1 nitrogen and oxygen atoms in total. The van der Waals surface area contributed by atoms with E-state index in [2.05, 4.69) is 0 Å². The van der Waals surface area contributed by atoms with Gasteiger partial charge in [-0.05, 0) is 24.3 Å². The van der Waals surface area contributed by atoms with Crippen molar-refractivity contribution in [1.82, 2.24) is 0 Å². The monoisotopic (exact) mass is 197 g/mol. The zero-order chi connectivity index (χ0) is 10.2. The second-order valence-corrected chi connectivity index (χ2v) is 3.80. The predicted molar refractivity (Wildman–Crippen MR) is 51.4 cm³/mol. The van der Waals surface area contributed by atoms with Crippen molar-refractivity contribution in [3.8, 4) is 0 Å². The van der Waals surface area contributed by atoms with Crippen molar-refractivity contribution in [1.29, 1.82) is 0 Å². The molecule has 0 unspecified atom stereocenters. The zero-order valence-electron chi connectivity index (χ0n) is 7.84. The van der Waals surface area contributed by atoms with Gasteiger partial charge in [0, 0.05) is 5.56 Å². The molecule has 0 spiro atoms. The molecule has 0 heterocycles. The Hall–Kier alpha value is -0.960. The summed E-state index contributed by atoms with van der Waals surface area (Å²) in [5, 5.41) is 0. The molecule has 76 valence electrons. The van der Waals surface area contributed by atoms with Crippen LogP contribution in [-0.4, -0.2) is 6.54 Å². The quantitative estimate of drug-likeness (QED) is 0.792. The molecule has 0 saturated heterocycles. The van der Waals surface area contributed by atoms with Crippen LogP contribution >= 0.6 is 0 Å². The first kappa shape index (κ1) is 9.59. The van der Waals surface area contributed by atoms with Gasteiger partial charge in [-0.25, -0.2) is 0 Å². The highest BCUT2D eigenvalue weighted by molar-refractivity contribution is 5.30. The summed E-state index contributed by atoms with van der Waals surface area (Å²) in [6, 6.07) is 6.55. The number of rotatable bonds is 3. The van der Waals surface area contributed by atoms with Gasteiger partial charge in [0.15, 0.2) is 0 Å². The third kappa shape index (κ3) is 1.77. The summed E-state index contributed by atoms with van der Waals surface area (Å²) in [5.74, 6) is -2.28. The van der Waals surface area contributed by atoms with Gasteiger partial charge in [-0.2, -0.15) is 8.78 Å². The molecule has 0 aromatic heterocycles. The van der Waals surface area contributed by atoms with Crippen LogP contribution in [0.3, 0.4) is 0 Å². The molecular weight excluding hydrogens is 184 g/mol. The standard InChI is InChI=1S/C11H13F2N/c12-11(13,7-14)10-5-3-9(4-6-10)8-1-2-8/h3-6,8H,1-2,7,14H2. The van der Waals surface area contributed by atoms with Crippen LogP contribution < -0.4 is 5.73 Å². The van der Waals surface area contributed by atoms with Gasteiger partial charge in [-0.15, -0.1) is 0 Å². The Morgan fingerprint density at radius 2 is 1.79 bits per heavy atom. The number of halogens is 2. The summed E-state index contributed by atoms with van der Waals surface area (Å²) in [6.45, 7) is -0.629. The molecule has 0 atom stereocenters. The van der Waals surface area contributed by atoms with Crippen molar-refractivity contribution in [2.45, 2.75) is 24.7 Å². The van der Waals surface area contributed by atoms with Gasteiger partial charge >= 0.3 is 0 Å². The Kier molecular flexibility index (Phi) is 2.27. The van der Waals surface area contributed by atoms with Gasteiger partial charge in [-0.3, -0.25) is 0 Å². The average Bonchev–Trinajstić information content (AvgIpc) is 3.01. The Morgan fingerprint density at radius 1 is 1.21 bits per heavy atom. The van der Waals surface area contributed by atoms with Crippen LogP contribution in [0.1, 0.15) is 29.9 Å². The lowest BCUT2D eigenvalue weighted by Crippen LogP contribution is -2.24. The third-order valence-electron chi connectivity index (χ3n) is 2.64. The van der Waals surface area contributed by atoms with E-state index in [1.54, 1.807) is 12.1 Å². The lowest BCUT2D eigenvalue weighted by Gasteiger charge is -2.14. The number of alkyl halides is 2. The van der Waals surface area contributed by atoms with E-state index in [9.17, 15) is 8.78 Å². The minimum absolute atomic E-state index is 0.0180. The van der Waals surface area contributed by atoms with E-state index >= 15 is 0 Å². The second-order valence-electron chi connectivity index (χ2n) is 3.80. The van der Waals surface area contributed by atoms with E-state index in [4.69, 9.17) is 5.73 Å². The summed E-state index contributed by atoms with van der Waals surface area (Å²) in [5.41, 5.74) is 6.18. The van der Waals surface area contributed by atoms with Crippen molar-refractivity contribution in [3.05, 3.63) is 35.4 Å². The fourth-order valence-corrected chi connectivity index (χ4v) is 1.53. The molecule has 1 aliphatic rings. The number of nitrogens with two attached hydrogens (primary N) is 1. The maximum Gasteiger partial charge on any atom is 0.285 e. The Balaban J connectivity index is 2.20. The molecule has 2 rings (SSSR count). The number of hydrogen-bond donors (Lipinski definition) is 1. The fourth-order valence-electron chi connectivity index (χ4n) is 1.53. The first-order chi connectivity index (χ1) is 6.63. The molecule has 0 bridgehead atoms. The van der Waals surface area contributed by atoms with E-state index < -0.39 is 12.5 Å². The predicted octanol–water partition coefficient (Wildman–Crippen LogP) is 2.61. The van der Waals surface area contributed by atoms with Crippen LogP contribution in [0.15, 0.2) is 24.3 Å². The minimum Gasteiger partial charge on any atom is -0.325 e. The van der Waals surface area contributed by atoms with Gasteiger partial charge < -0.3 is 5.73 Å². The molecule has 3 heteroatoms. The average molecular weight is 197 g/mol. The molecular formula is C11H13F2N. The Bertz CT molecular complexity index is 315. The van der Waals surface area contributed by atoms with Crippen molar-refractivity contribution >= 4 is 0 Å². The highest BCUT2D eigenvalue weighted by Crippen LogP contribution is 2.40. The topological polar surface area (TPSA) is 26.0 Å². The van der Waals surface area contributed by atoms with Crippen LogP contribution in [-0.2, 0) is 5.92 Å². The normalized spacial score (nSPS) is 17.1. The van der Waals surface area contributed by atoms with Crippen LogP contribution in [0, 0.1) is 0 Å². The maximum atomic E-state index is 13.1. The lowest BCUT2D eigenvalue weighted by molar-refractivity contribution is 0.00594. The van der Waals surface area contributed by atoms with Crippen LogP contribution in [0.4, 0.5) is 8.78 Å². The maximum absolute atomic E-state index is 13.1. The van der Waals surface area contributed by atoms with Gasteiger partial charge in [0.2, 0.25) is 0 Å². The Morgan fingerprint density at radius 3 is 2.21 bits per heavy atom. The molecule has 1 aliphatic carbocycles. The molecule has 14 heavy (non-hydrogen) atoms. The van der Waals surface area contributed by atoms with E-state index in [0.29, 0.717) is 5.92 Å². The first-order valence-electron chi connectivity index (χ1n) is 4.82. The highest BCUT2D eigenvalue weighted by Gasteiger charge is 2.30. The van der Waals surface area contributed by atoms with Crippen LogP contribution in [0.2, 0.25) is 0 Å². The fraction of sp³-hybridized carbons (Fsp3) is 0.455. The van der Waals surface area contributed by atoms with Gasteiger partial charge in [0.05, 0.1) is 6.54 Å². The van der Waals surface area contributed by atoms with Crippen molar-refractivity contribution in [2.75, 3.05) is 6.54 Å². The van der Waals surface area contributed by atoms with Gasteiger partial charge in [0.25, 0.3) is 5.92 Å². The smallest absolute Gasteiger partial charge is 0.285 e. The molecule has 1 saturated carbocycles. The third-order valence-corrected chi connectivity index (χ3v) is 2.64. The summed E-state index contributed by atoms with van der Waals surface area (Å²) in [6.07, 6.45) is 2.37. The van der Waals surface area contributed by atoms with Crippen LogP contribution in [0.5, 0.6) is 0 Å². The molecule has 1 aromatic rings. The largest absolute Gasteiger partial charge is 0.325 e. The van der Waals surface area contributed by atoms with Gasteiger partial charge in [0.1, 0.15) is 0 Å². The lowest BCUT2D eigenvalue weighted by atomic mass is 10.0. The zero-order valence-corrected chi connectivity index (χ0v) is 7.84. The van der Waals surface area contributed by atoms with E-state index in [1.165, 1.54) is 30.5 Å². The Labute approximate surface area is 81.9 Å². The number of hydrogen-bond acceptors (Lipinski definition) is 1. The first-order valence-corrected chi connectivity index (χ1v) is 4.82. The van der Waals surface area contributed by atoms with Crippen LogP contribution in [0.25, 0.3) is 0 Å². The highest BCUT2D eigenvalue weighted by atomic mass is 19.3. The SMILES string of the molecule is NCC(F)(F)c1ccc(C2CC2)cc1.